The smallest absolute Gasteiger partial charge is 0.243 e. The van der Waals surface area contributed by atoms with E-state index in [1.807, 2.05) is 63.4 Å². The van der Waals surface area contributed by atoms with Crippen molar-refractivity contribution in [1.29, 1.82) is 0 Å². The van der Waals surface area contributed by atoms with Gasteiger partial charge >= 0.3 is 0 Å². The lowest BCUT2D eigenvalue weighted by molar-refractivity contribution is -0.120. The second-order valence-electron chi connectivity index (χ2n) is 7.62. The molecule has 0 aromatic heterocycles. The number of piperidine rings is 1. The average molecular weight is 433 g/mol. The number of nitrogens with zero attached hydrogens (tertiary/aromatic N) is 1. The lowest BCUT2D eigenvalue weighted by Crippen LogP contribution is -2.44. The summed E-state index contributed by atoms with van der Waals surface area (Å²) in [5.41, 5.74) is 3.32. The molecule has 1 saturated heterocycles. The Kier molecular flexibility index (Phi) is 6.71. The summed E-state index contributed by atoms with van der Waals surface area (Å²) in [7, 11) is -3.64. The third-order valence-corrected chi connectivity index (χ3v) is 8.29. The molecule has 1 heterocycles. The lowest BCUT2D eigenvalue weighted by Gasteiger charge is -2.32. The first-order chi connectivity index (χ1) is 13.7. The van der Waals surface area contributed by atoms with E-state index in [0.717, 1.165) is 27.3 Å². The zero-order chi connectivity index (χ0) is 21.2. The fourth-order valence-corrected chi connectivity index (χ4v) is 6.55. The van der Waals surface area contributed by atoms with Crippen LogP contribution in [0.2, 0.25) is 0 Å². The topological polar surface area (TPSA) is 66.5 Å². The Morgan fingerprint density at radius 1 is 1.14 bits per heavy atom. The van der Waals surface area contributed by atoms with E-state index in [9.17, 15) is 13.2 Å². The molecular formula is C22H28N2O3S2. The summed E-state index contributed by atoms with van der Waals surface area (Å²) in [6.07, 6.45) is 3.32. The molecule has 0 unspecified atom stereocenters. The summed E-state index contributed by atoms with van der Waals surface area (Å²) in [4.78, 5) is 14.2. The van der Waals surface area contributed by atoms with Gasteiger partial charge in [-0.15, -0.1) is 11.8 Å². The first kappa shape index (κ1) is 21.9. The summed E-state index contributed by atoms with van der Waals surface area (Å²) in [5, 5.41) is 2.99. The minimum absolute atomic E-state index is 0.122. The third-order valence-electron chi connectivity index (χ3n) is 5.32. The van der Waals surface area contributed by atoms with Gasteiger partial charge in [-0.1, -0.05) is 29.8 Å². The van der Waals surface area contributed by atoms with Crippen LogP contribution in [-0.2, 0) is 14.8 Å². The quantitative estimate of drug-likeness (QED) is 0.713. The number of hydrogen-bond donors (Lipinski definition) is 1. The number of para-hydroxylation sites is 1. The number of rotatable bonds is 5. The summed E-state index contributed by atoms with van der Waals surface area (Å²) in [5.74, 6) is -0.483. The van der Waals surface area contributed by atoms with Crippen molar-refractivity contribution in [3.8, 4) is 0 Å². The van der Waals surface area contributed by atoms with E-state index in [0.29, 0.717) is 24.3 Å². The maximum atomic E-state index is 13.4. The Morgan fingerprint density at radius 2 is 1.79 bits per heavy atom. The lowest BCUT2D eigenvalue weighted by atomic mass is 9.98. The van der Waals surface area contributed by atoms with E-state index in [1.54, 1.807) is 11.8 Å². The molecule has 156 valence electrons. The van der Waals surface area contributed by atoms with E-state index in [1.165, 1.54) is 4.31 Å². The van der Waals surface area contributed by atoms with E-state index >= 15 is 0 Å². The molecule has 1 amide bonds. The molecule has 7 heteroatoms. The maximum Gasteiger partial charge on any atom is 0.243 e. The second kappa shape index (κ2) is 8.90. The first-order valence-corrected chi connectivity index (χ1v) is 12.4. The highest BCUT2D eigenvalue weighted by atomic mass is 32.2. The molecule has 1 aliphatic rings. The largest absolute Gasteiger partial charge is 0.325 e. The van der Waals surface area contributed by atoms with Crippen molar-refractivity contribution in [2.24, 2.45) is 5.92 Å². The molecule has 1 aliphatic heterocycles. The van der Waals surface area contributed by atoms with Gasteiger partial charge in [0, 0.05) is 18.0 Å². The number of nitrogens with one attached hydrogen (secondary N) is 1. The third kappa shape index (κ3) is 4.68. The Labute approximate surface area is 177 Å². The molecule has 5 nitrogen and oxygen atoms in total. The number of thioether (sulfide) groups is 1. The van der Waals surface area contributed by atoms with Crippen molar-refractivity contribution in [1.82, 2.24) is 4.31 Å². The second-order valence-corrected chi connectivity index (χ2v) is 10.3. The molecular weight excluding hydrogens is 404 g/mol. The van der Waals surface area contributed by atoms with Crippen LogP contribution < -0.4 is 5.32 Å². The number of amides is 1. The van der Waals surface area contributed by atoms with Crippen molar-refractivity contribution < 1.29 is 13.2 Å². The molecule has 1 N–H and O–H groups in total. The maximum absolute atomic E-state index is 13.4. The van der Waals surface area contributed by atoms with Crippen LogP contribution in [0.3, 0.4) is 0 Å². The van der Waals surface area contributed by atoms with Gasteiger partial charge in [0.15, 0.2) is 0 Å². The van der Waals surface area contributed by atoms with Gasteiger partial charge in [-0.25, -0.2) is 8.42 Å². The van der Waals surface area contributed by atoms with Gasteiger partial charge in [0.2, 0.25) is 15.9 Å². The monoisotopic (exact) mass is 432 g/mol. The number of benzene rings is 2. The number of anilines is 1. The first-order valence-electron chi connectivity index (χ1n) is 9.76. The zero-order valence-corrected chi connectivity index (χ0v) is 19.0. The molecule has 2 aromatic carbocycles. The molecule has 0 bridgehead atoms. The zero-order valence-electron chi connectivity index (χ0n) is 17.4. The normalized spacial score (nSPS) is 17.9. The number of aryl methyl sites for hydroxylation is 3. The number of carbonyl (C=O) groups excluding carboxylic acids is 1. The van der Waals surface area contributed by atoms with Crippen molar-refractivity contribution in [3.05, 3.63) is 53.1 Å². The Morgan fingerprint density at radius 3 is 2.45 bits per heavy atom. The van der Waals surface area contributed by atoms with Crippen LogP contribution in [0, 0.1) is 26.7 Å². The summed E-state index contributed by atoms with van der Waals surface area (Å²) in [6, 6.07) is 11.4. The van der Waals surface area contributed by atoms with Crippen LogP contribution in [0.4, 0.5) is 5.69 Å². The highest BCUT2D eigenvalue weighted by molar-refractivity contribution is 7.98. The van der Waals surface area contributed by atoms with Gasteiger partial charge in [0.25, 0.3) is 0 Å². The van der Waals surface area contributed by atoms with E-state index in [-0.39, 0.29) is 18.4 Å². The number of hydrogen-bond acceptors (Lipinski definition) is 4. The number of sulfonamides is 1. The SMILES string of the molecule is CSc1ccccc1NC(=O)[C@H]1CCCN(S(=O)(=O)c2c(C)cc(C)cc2C)C1. The Bertz CT molecular complexity index is 995. The van der Waals surface area contributed by atoms with Gasteiger partial charge < -0.3 is 5.32 Å². The fraction of sp³-hybridized carbons (Fsp3) is 0.409. The highest BCUT2D eigenvalue weighted by Gasteiger charge is 2.35. The average Bonchev–Trinajstić information content (AvgIpc) is 2.67. The summed E-state index contributed by atoms with van der Waals surface area (Å²) >= 11 is 1.57. The van der Waals surface area contributed by atoms with Gasteiger partial charge in [-0.3, -0.25) is 4.79 Å². The molecule has 1 fully saturated rings. The number of carbonyl (C=O) groups is 1. The van der Waals surface area contributed by atoms with Crippen LogP contribution in [0.5, 0.6) is 0 Å². The Balaban J connectivity index is 1.81. The predicted octanol–water partition coefficient (Wildman–Crippen LogP) is 4.37. The van der Waals surface area contributed by atoms with Gasteiger partial charge in [-0.2, -0.15) is 4.31 Å². The van der Waals surface area contributed by atoms with Crippen LogP contribution >= 0.6 is 11.8 Å². The minimum Gasteiger partial charge on any atom is -0.325 e. The molecule has 1 atom stereocenters. The molecule has 2 aromatic rings. The minimum atomic E-state index is -3.64. The molecule has 0 radical (unpaired) electrons. The molecule has 0 aliphatic carbocycles. The van der Waals surface area contributed by atoms with Crippen molar-refractivity contribution >= 4 is 33.4 Å². The molecule has 3 rings (SSSR count). The van der Waals surface area contributed by atoms with Gasteiger partial charge in [-0.05, 0) is 63.1 Å². The summed E-state index contributed by atoms with van der Waals surface area (Å²) < 4.78 is 28.2. The van der Waals surface area contributed by atoms with Crippen LogP contribution in [-0.4, -0.2) is 38.0 Å². The predicted molar refractivity (Wildman–Crippen MR) is 119 cm³/mol. The van der Waals surface area contributed by atoms with E-state index in [4.69, 9.17) is 0 Å². The molecule has 0 spiro atoms. The standard InChI is InChI=1S/C22H28N2O3S2/c1-15-12-16(2)21(17(3)13-15)29(26,27)24-11-7-8-18(14-24)22(25)23-19-9-5-6-10-20(19)28-4/h5-6,9-10,12-13,18H,7-8,11,14H2,1-4H3,(H,23,25)/t18-/m0/s1. The summed E-state index contributed by atoms with van der Waals surface area (Å²) in [6.45, 7) is 6.29. The van der Waals surface area contributed by atoms with E-state index in [2.05, 4.69) is 5.32 Å². The van der Waals surface area contributed by atoms with Crippen LogP contribution in [0.25, 0.3) is 0 Å². The van der Waals surface area contributed by atoms with Crippen LogP contribution in [0.15, 0.2) is 46.2 Å². The van der Waals surface area contributed by atoms with Crippen molar-refractivity contribution in [2.75, 3.05) is 24.7 Å². The van der Waals surface area contributed by atoms with Gasteiger partial charge in [0.1, 0.15) is 0 Å². The molecule has 29 heavy (non-hydrogen) atoms. The van der Waals surface area contributed by atoms with Crippen LogP contribution in [0.1, 0.15) is 29.5 Å². The fourth-order valence-electron chi connectivity index (χ4n) is 4.06. The van der Waals surface area contributed by atoms with E-state index < -0.39 is 10.0 Å². The Hall–Kier alpha value is -1.83. The van der Waals surface area contributed by atoms with Crippen molar-refractivity contribution in [2.45, 2.75) is 43.4 Å². The molecule has 0 saturated carbocycles. The van der Waals surface area contributed by atoms with Crippen molar-refractivity contribution in [3.63, 3.8) is 0 Å². The highest BCUT2D eigenvalue weighted by Crippen LogP contribution is 2.30. The van der Waals surface area contributed by atoms with Gasteiger partial charge in [0.05, 0.1) is 16.5 Å².